The van der Waals surface area contributed by atoms with E-state index in [1.165, 1.54) is 12.3 Å². The van der Waals surface area contributed by atoms with Gasteiger partial charge in [0, 0.05) is 36.4 Å². The van der Waals surface area contributed by atoms with Crippen molar-refractivity contribution in [2.75, 3.05) is 18.0 Å². The van der Waals surface area contributed by atoms with Crippen molar-refractivity contribution in [3.05, 3.63) is 36.0 Å². The minimum absolute atomic E-state index is 0.162. The smallest absolute Gasteiger partial charge is 0.152 e. The molecule has 0 amide bonds. The summed E-state index contributed by atoms with van der Waals surface area (Å²) in [5.74, 6) is -1.28. The lowest BCUT2D eigenvalue weighted by Gasteiger charge is -2.19. The first-order valence-corrected chi connectivity index (χ1v) is 5.82. The van der Waals surface area contributed by atoms with Gasteiger partial charge in [0.2, 0.25) is 0 Å². The SMILES string of the molecule is O[C@H]1CCN(c2ccnc3c(F)cc(F)cc23)C1. The minimum atomic E-state index is -0.661. The van der Waals surface area contributed by atoms with Crippen LogP contribution in [0.15, 0.2) is 24.4 Å². The van der Waals surface area contributed by atoms with Crippen LogP contribution in [0, 0.1) is 11.6 Å². The second kappa shape index (κ2) is 4.17. The van der Waals surface area contributed by atoms with Crippen LogP contribution in [0.1, 0.15) is 6.42 Å². The Hall–Kier alpha value is -1.75. The molecule has 1 atom stereocenters. The highest BCUT2D eigenvalue weighted by Crippen LogP contribution is 2.30. The van der Waals surface area contributed by atoms with Crippen LogP contribution in [0.25, 0.3) is 10.9 Å². The zero-order chi connectivity index (χ0) is 12.7. The maximum atomic E-state index is 13.6. The summed E-state index contributed by atoms with van der Waals surface area (Å²) in [4.78, 5) is 5.87. The van der Waals surface area contributed by atoms with Crippen molar-refractivity contribution in [2.45, 2.75) is 12.5 Å². The molecule has 2 aromatic rings. The summed E-state index contributed by atoms with van der Waals surface area (Å²) in [6, 6.07) is 3.84. The van der Waals surface area contributed by atoms with E-state index in [4.69, 9.17) is 0 Å². The van der Waals surface area contributed by atoms with Crippen molar-refractivity contribution in [2.24, 2.45) is 0 Å². The molecule has 0 aliphatic carbocycles. The number of nitrogens with zero attached hydrogens (tertiary/aromatic N) is 2. The number of halogens is 2. The number of hydrogen-bond donors (Lipinski definition) is 1. The van der Waals surface area contributed by atoms with Gasteiger partial charge in [-0.3, -0.25) is 4.98 Å². The van der Waals surface area contributed by atoms with Crippen molar-refractivity contribution in [1.82, 2.24) is 4.98 Å². The molecule has 5 heteroatoms. The van der Waals surface area contributed by atoms with Crippen molar-refractivity contribution < 1.29 is 13.9 Å². The van der Waals surface area contributed by atoms with E-state index in [0.29, 0.717) is 24.9 Å². The molecule has 0 spiro atoms. The zero-order valence-corrected chi connectivity index (χ0v) is 9.61. The fourth-order valence-corrected chi connectivity index (χ4v) is 2.40. The van der Waals surface area contributed by atoms with E-state index in [1.54, 1.807) is 6.07 Å². The lowest BCUT2D eigenvalue weighted by molar-refractivity contribution is 0.198. The lowest BCUT2D eigenvalue weighted by Crippen LogP contribution is -2.21. The first kappa shape index (κ1) is 11.3. The van der Waals surface area contributed by atoms with Gasteiger partial charge in [-0.05, 0) is 18.6 Å². The molecule has 94 valence electrons. The van der Waals surface area contributed by atoms with Crippen LogP contribution in [0.3, 0.4) is 0 Å². The number of rotatable bonds is 1. The topological polar surface area (TPSA) is 36.4 Å². The Morgan fingerprint density at radius 2 is 2.17 bits per heavy atom. The minimum Gasteiger partial charge on any atom is -0.391 e. The third-order valence-electron chi connectivity index (χ3n) is 3.24. The third-order valence-corrected chi connectivity index (χ3v) is 3.24. The van der Waals surface area contributed by atoms with E-state index in [9.17, 15) is 13.9 Å². The summed E-state index contributed by atoms with van der Waals surface area (Å²) in [7, 11) is 0. The molecule has 1 saturated heterocycles. The summed E-state index contributed by atoms with van der Waals surface area (Å²) in [6.07, 6.45) is 1.79. The highest BCUT2D eigenvalue weighted by atomic mass is 19.1. The van der Waals surface area contributed by atoms with Crippen molar-refractivity contribution in [1.29, 1.82) is 0 Å². The molecule has 2 heterocycles. The number of β-amino-alcohol motifs (C(OH)–C–C–N with tert-alkyl or cyclic N) is 1. The predicted molar refractivity (Wildman–Crippen MR) is 64.5 cm³/mol. The van der Waals surface area contributed by atoms with E-state index in [2.05, 4.69) is 4.98 Å². The first-order valence-electron chi connectivity index (χ1n) is 5.82. The van der Waals surface area contributed by atoms with E-state index >= 15 is 0 Å². The monoisotopic (exact) mass is 250 g/mol. The Bertz CT molecular complexity index is 603. The van der Waals surface area contributed by atoms with Crippen molar-refractivity contribution in [3.63, 3.8) is 0 Å². The van der Waals surface area contributed by atoms with Crippen LogP contribution in [0.5, 0.6) is 0 Å². The molecular weight excluding hydrogens is 238 g/mol. The van der Waals surface area contributed by atoms with Crippen LogP contribution in [0.2, 0.25) is 0 Å². The quantitative estimate of drug-likeness (QED) is 0.841. The Kier molecular flexibility index (Phi) is 2.63. The highest BCUT2D eigenvalue weighted by Gasteiger charge is 2.22. The number of pyridine rings is 1. The standard InChI is InChI=1S/C13H12F2N2O/c14-8-5-10-12(17-4-2-9(18)7-17)1-3-16-13(10)11(15)6-8/h1,3,5-6,9,18H,2,4,7H2/t9-/m0/s1. The normalized spacial score (nSPS) is 19.7. The third kappa shape index (κ3) is 1.80. The van der Waals surface area contributed by atoms with E-state index in [1.807, 2.05) is 4.90 Å². The first-order chi connectivity index (χ1) is 8.65. The Balaban J connectivity index is 2.17. The average molecular weight is 250 g/mol. The van der Waals surface area contributed by atoms with Gasteiger partial charge in [0.25, 0.3) is 0 Å². The molecule has 0 radical (unpaired) electrons. The van der Waals surface area contributed by atoms with Gasteiger partial charge in [0.05, 0.1) is 6.10 Å². The maximum Gasteiger partial charge on any atom is 0.152 e. The summed E-state index contributed by atoms with van der Waals surface area (Å²) in [5.41, 5.74) is 0.880. The number of anilines is 1. The van der Waals surface area contributed by atoms with Crippen LogP contribution >= 0.6 is 0 Å². The Labute approximate surface area is 103 Å². The van der Waals surface area contributed by atoms with Gasteiger partial charge in [-0.25, -0.2) is 8.78 Å². The van der Waals surface area contributed by atoms with Gasteiger partial charge in [-0.2, -0.15) is 0 Å². The van der Waals surface area contributed by atoms with E-state index in [-0.39, 0.29) is 11.6 Å². The zero-order valence-electron chi connectivity index (χ0n) is 9.61. The van der Waals surface area contributed by atoms with Crippen LogP contribution in [-0.2, 0) is 0 Å². The molecule has 3 rings (SSSR count). The molecule has 1 aliphatic heterocycles. The molecule has 3 nitrogen and oxygen atoms in total. The number of benzene rings is 1. The van der Waals surface area contributed by atoms with Crippen molar-refractivity contribution in [3.8, 4) is 0 Å². The van der Waals surface area contributed by atoms with Crippen LogP contribution < -0.4 is 4.90 Å². The number of aromatic nitrogens is 1. The predicted octanol–water partition coefficient (Wildman–Crippen LogP) is 2.08. The molecular formula is C13H12F2N2O. The molecule has 0 unspecified atom stereocenters. The van der Waals surface area contributed by atoms with Crippen molar-refractivity contribution >= 4 is 16.6 Å². The molecule has 1 fully saturated rings. The van der Waals surface area contributed by atoms with Gasteiger partial charge >= 0.3 is 0 Å². The Morgan fingerprint density at radius 1 is 1.33 bits per heavy atom. The molecule has 0 bridgehead atoms. The fraction of sp³-hybridized carbons (Fsp3) is 0.308. The highest BCUT2D eigenvalue weighted by molar-refractivity contribution is 5.92. The van der Waals surface area contributed by atoms with Gasteiger partial charge < -0.3 is 10.0 Å². The largest absolute Gasteiger partial charge is 0.391 e. The molecule has 1 aromatic carbocycles. The average Bonchev–Trinajstić information content (AvgIpc) is 2.75. The van der Waals surface area contributed by atoms with Gasteiger partial charge in [-0.15, -0.1) is 0 Å². The number of hydrogen-bond acceptors (Lipinski definition) is 3. The molecule has 18 heavy (non-hydrogen) atoms. The summed E-state index contributed by atoms with van der Waals surface area (Å²) < 4.78 is 26.9. The summed E-state index contributed by atoms with van der Waals surface area (Å²) >= 11 is 0. The summed E-state index contributed by atoms with van der Waals surface area (Å²) in [6.45, 7) is 1.16. The van der Waals surface area contributed by atoms with Gasteiger partial charge in [0.1, 0.15) is 11.3 Å². The lowest BCUT2D eigenvalue weighted by atomic mass is 10.1. The van der Waals surface area contributed by atoms with Gasteiger partial charge in [-0.1, -0.05) is 0 Å². The molecule has 1 aliphatic rings. The van der Waals surface area contributed by atoms with Gasteiger partial charge in [0.15, 0.2) is 5.82 Å². The molecule has 1 aromatic heterocycles. The van der Waals surface area contributed by atoms with E-state index < -0.39 is 11.6 Å². The molecule has 1 N–H and O–H groups in total. The Morgan fingerprint density at radius 3 is 2.89 bits per heavy atom. The second-order valence-electron chi connectivity index (χ2n) is 4.50. The van der Waals surface area contributed by atoms with Crippen LogP contribution in [0.4, 0.5) is 14.5 Å². The number of aliphatic hydroxyl groups is 1. The maximum absolute atomic E-state index is 13.6. The van der Waals surface area contributed by atoms with E-state index in [0.717, 1.165) is 11.8 Å². The fourth-order valence-electron chi connectivity index (χ4n) is 2.40. The summed E-state index contributed by atoms with van der Waals surface area (Å²) in [5, 5.41) is 9.98. The van der Waals surface area contributed by atoms with Crippen LogP contribution in [-0.4, -0.2) is 29.3 Å². The number of fused-ring (bicyclic) bond motifs is 1. The molecule has 0 saturated carbocycles. The number of aliphatic hydroxyl groups excluding tert-OH is 1. The second-order valence-corrected chi connectivity index (χ2v) is 4.50.